The van der Waals surface area contributed by atoms with Crippen molar-refractivity contribution in [1.29, 1.82) is 0 Å². The summed E-state index contributed by atoms with van der Waals surface area (Å²) < 4.78 is 1.21. The number of aromatic nitrogens is 1. The number of H-pyrrole nitrogens is 1. The molecule has 8 bridgehead atoms. The molecule has 198 valence electrons. The lowest BCUT2D eigenvalue weighted by Gasteiger charge is -2.23. The lowest BCUT2D eigenvalue weighted by Crippen LogP contribution is -2.33. The fraction of sp³-hybridized carbons (Fsp3) is 0.200. The number of aliphatic imine (C=N–C) groups is 2. The Morgan fingerprint density at radius 2 is 1.55 bits per heavy atom. The van der Waals surface area contributed by atoms with Gasteiger partial charge in [0, 0.05) is 37.5 Å². The third-order valence-electron chi connectivity index (χ3n) is 8.19. The number of allylic oxidation sites excluding steroid dienone is 5. The van der Waals surface area contributed by atoms with Gasteiger partial charge in [-0.2, -0.15) is 0 Å². The summed E-state index contributed by atoms with van der Waals surface area (Å²) in [6.07, 6.45) is 14.3. The number of benzene rings is 2. The van der Waals surface area contributed by atoms with Crippen LogP contribution in [0.3, 0.4) is 0 Å². The minimum Gasteiger partial charge on any atom is -0.356 e. The second kappa shape index (κ2) is 9.82. The molecule has 1 saturated heterocycles. The smallest absolute Gasteiger partial charge is 0.0744 e. The maximum atomic E-state index is 5.26. The summed E-state index contributed by atoms with van der Waals surface area (Å²) in [5.41, 5.74) is 9.59. The number of nitrogens with zero attached hydrogens (tertiary/aromatic N) is 2. The highest BCUT2D eigenvalue weighted by molar-refractivity contribution is 14.1. The van der Waals surface area contributed by atoms with Gasteiger partial charge in [0.2, 0.25) is 0 Å². The number of rotatable bonds is 2. The molecule has 0 saturated carbocycles. The molecule has 2 aromatic carbocycles. The molecule has 2 N–H and O–H groups in total. The van der Waals surface area contributed by atoms with E-state index in [0.717, 1.165) is 62.2 Å². The van der Waals surface area contributed by atoms with Crippen LogP contribution in [0.25, 0.3) is 23.3 Å². The zero-order valence-electron chi connectivity index (χ0n) is 22.9. The Bertz CT molecular complexity index is 1820. The van der Waals surface area contributed by atoms with Crippen molar-refractivity contribution in [3.8, 4) is 0 Å². The minimum absolute atomic E-state index is 0.115. The molecule has 0 amide bonds. The van der Waals surface area contributed by atoms with Crippen LogP contribution in [0.15, 0.2) is 106 Å². The van der Waals surface area contributed by atoms with E-state index in [1.807, 2.05) is 0 Å². The highest BCUT2D eigenvalue weighted by Gasteiger charge is 2.38. The number of hydrogen-bond donors (Lipinski definition) is 2. The van der Waals surface area contributed by atoms with Crippen LogP contribution in [0.2, 0.25) is 0 Å². The fourth-order valence-corrected chi connectivity index (χ4v) is 6.38. The number of nitrogens with one attached hydrogen (secondary N) is 2. The molecule has 0 radical (unpaired) electrons. The van der Waals surface area contributed by atoms with Gasteiger partial charge in [0.15, 0.2) is 0 Å². The molecule has 2 unspecified atom stereocenters. The van der Waals surface area contributed by atoms with Gasteiger partial charge in [-0.25, -0.2) is 9.98 Å². The second-order valence-corrected chi connectivity index (χ2v) is 13.0. The number of fused-ring (bicyclic) bond motifs is 6. The highest BCUT2D eigenvalue weighted by atomic mass is 127. The van der Waals surface area contributed by atoms with E-state index in [-0.39, 0.29) is 17.5 Å². The first-order valence-electron chi connectivity index (χ1n) is 13.8. The Morgan fingerprint density at radius 3 is 2.35 bits per heavy atom. The SMILES string of the molecule is Cc1ccc(/C2=C3\C=C(c4ccc(I)cc4)C(=N3)C=c3cc/c([nH]3)=C/C3CC(C)(C)C(/C=C4/C=CC2=N4)N3)cc1. The van der Waals surface area contributed by atoms with Crippen molar-refractivity contribution < 1.29 is 0 Å². The summed E-state index contributed by atoms with van der Waals surface area (Å²) in [5, 5.41) is 6.01. The van der Waals surface area contributed by atoms with Crippen LogP contribution in [0, 0.1) is 15.9 Å². The van der Waals surface area contributed by atoms with Crippen LogP contribution in [-0.2, 0) is 0 Å². The van der Waals surface area contributed by atoms with Crippen LogP contribution >= 0.6 is 22.6 Å². The van der Waals surface area contributed by atoms with Gasteiger partial charge in [0.25, 0.3) is 0 Å². The van der Waals surface area contributed by atoms with Crippen molar-refractivity contribution >= 4 is 57.3 Å². The molecule has 7 rings (SSSR count). The first kappa shape index (κ1) is 25.4. The van der Waals surface area contributed by atoms with Crippen molar-refractivity contribution in [3.05, 3.63) is 127 Å². The number of hydrogen-bond acceptors (Lipinski definition) is 3. The van der Waals surface area contributed by atoms with E-state index >= 15 is 0 Å². The van der Waals surface area contributed by atoms with Gasteiger partial charge < -0.3 is 10.3 Å². The van der Waals surface area contributed by atoms with Crippen molar-refractivity contribution in [2.45, 2.75) is 39.3 Å². The maximum absolute atomic E-state index is 5.26. The van der Waals surface area contributed by atoms with E-state index in [9.17, 15) is 0 Å². The lowest BCUT2D eigenvalue weighted by molar-refractivity contribution is 0.355. The van der Waals surface area contributed by atoms with E-state index in [4.69, 9.17) is 9.98 Å². The molecule has 4 aliphatic rings. The molecule has 4 aliphatic heterocycles. The van der Waals surface area contributed by atoms with Gasteiger partial charge in [-0.15, -0.1) is 0 Å². The van der Waals surface area contributed by atoms with Crippen LogP contribution in [0.4, 0.5) is 0 Å². The standard InChI is InChI=1S/C35H31IN4/c1-21-4-6-23(7-5-21)34-30-15-14-27(38-30)18-33-35(2,3)20-28(39-33)16-25-12-13-26(37-25)17-31-29(19-32(34)40-31)22-8-10-24(36)11-9-22/h4-19,28,33,37,39H,20H2,1-3H3/b25-16-,26-17?,27-18-,34-32-. The normalized spacial score (nSPS) is 26.8. The molecule has 2 atom stereocenters. The van der Waals surface area contributed by atoms with Crippen LogP contribution < -0.4 is 16.0 Å². The predicted molar refractivity (Wildman–Crippen MR) is 175 cm³/mol. The van der Waals surface area contributed by atoms with E-state index in [0.29, 0.717) is 0 Å². The number of aromatic amines is 1. The maximum Gasteiger partial charge on any atom is 0.0744 e. The molecular weight excluding hydrogens is 603 g/mol. The average Bonchev–Trinajstić information content (AvgIpc) is 3.70. The quantitative estimate of drug-likeness (QED) is 0.329. The lowest BCUT2D eigenvalue weighted by atomic mass is 9.83. The van der Waals surface area contributed by atoms with Crippen LogP contribution in [0.1, 0.15) is 37.0 Å². The largest absolute Gasteiger partial charge is 0.356 e. The summed E-state index contributed by atoms with van der Waals surface area (Å²) in [5.74, 6) is 0. The van der Waals surface area contributed by atoms with Gasteiger partial charge >= 0.3 is 0 Å². The van der Waals surface area contributed by atoms with E-state index in [1.54, 1.807) is 0 Å². The van der Waals surface area contributed by atoms with Crippen molar-refractivity contribution in [1.82, 2.24) is 10.3 Å². The third-order valence-corrected chi connectivity index (χ3v) is 8.91. The molecule has 4 nitrogen and oxygen atoms in total. The highest BCUT2D eigenvalue weighted by Crippen LogP contribution is 2.37. The van der Waals surface area contributed by atoms with E-state index < -0.39 is 0 Å². The summed E-state index contributed by atoms with van der Waals surface area (Å²) in [7, 11) is 0. The Labute approximate surface area is 248 Å². The summed E-state index contributed by atoms with van der Waals surface area (Å²) in [6.45, 7) is 6.80. The molecular formula is C35H31IN4. The van der Waals surface area contributed by atoms with Crippen molar-refractivity contribution in [2.75, 3.05) is 0 Å². The van der Waals surface area contributed by atoms with Gasteiger partial charge in [-0.1, -0.05) is 55.8 Å². The first-order valence-corrected chi connectivity index (χ1v) is 14.9. The second-order valence-electron chi connectivity index (χ2n) is 11.7. The van der Waals surface area contributed by atoms with Gasteiger partial charge in [0.1, 0.15) is 0 Å². The summed E-state index contributed by atoms with van der Waals surface area (Å²) >= 11 is 2.36. The van der Waals surface area contributed by atoms with Gasteiger partial charge in [0.05, 0.1) is 22.8 Å². The summed E-state index contributed by atoms with van der Waals surface area (Å²) in [6, 6.07) is 22.2. The molecule has 1 fully saturated rings. The first-order chi connectivity index (χ1) is 19.3. The van der Waals surface area contributed by atoms with E-state index in [1.165, 1.54) is 9.13 Å². The molecule has 0 aliphatic carbocycles. The fourth-order valence-electron chi connectivity index (χ4n) is 6.02. The van der Waals surface area contributed by atoms with Gasteiger partial charge in [-0.05, 0) is 113 Å². The van der Waals surface area contributed by atoms with E-state index in [2.05, 4.69) is 151 Å². The average molecular weight is 635 g/mol. The third kappa shape index (κ3) is 4.82. The van der Waals surface area contributed by atoms with Crippen molar-refractivity contribution in [3.63, 3.8) is 0 Å². The number of aryl methyl sites for hydroxylation is 1. The van der Waals surface area contributed by atoms with Gasteiger partial charge in [-0.3, -0.25) is 0 Å². The molecule has 0 spiro atoms. The summed E-state index contributed by atoms with van der Waals surface area (Å²) in [4.78, 5) is 14.0. The Balaban J connectivity index is 1.49. The Hall–Kier alpha value is -3.55. The minimum atomic E-state index is 0.115. The monoisotopic (exact) mass is 634 g/mol. The zero-order chi connectivity index (χ0) is 27.4. The Kier molecular flexibility index (Phi) is 6.24. The predicted octanol–water partition coefficient (Wildman–Crippen LogP) is 6.10. The molecule has 5 heteroatoms. The van der Waals surface area contributed by atoms with Crippen LogP contribution in [0.5, 0.6) is 0 Å². The van der Waals surface area contributed by atoms with Crippen LogP contribution in [-0.4, -0.2) is 28.5 Å². The molecule has 5 heterocycles. The topological polar surface area (TPSA) is 52.5 Å². The molecule has 1 aromatic heterocycles. The zero-order valence-corrected chi connectivity index (χ0v) is 25.0. The molecule has 40 heavy (non-hydrogen) atoms. The molecule has 3 aromatic rings. The number of halogens is 1. The Morgan fingerprint density at radius 1 is 0.800 bits per heavy atom. The van der Waals surface area contributed by atoms with Crippen molar-refractivity contribution in [2.24, 2.45) is 15.4 Å².